The van der Waals surface area contributed by atoms with Crippen molar-refractivity contribution in [2.75, 3.05) is 18.2 Å². The average Bonchev–Trinajstić information content (AvgIpc) is 2.34. The van der Waals surface area contributed by atoms with E-state index in [2.05, 4.69) is 10.6 Å². The van der Waals surface area contributed by atoms with Crippen LogP contribution in [0.4, 0.5) is 10.5 Å². The summed E-state index contributed by atoms with van der Waals surface area (Å²) in [7, 11) is 0. The van der Waals surface area contributed by atoms with E-state index >= 15 is 0 Å². The molecule has 106 valence electrons. The summed E-state index contributed by atoms with van der Waals surface area (Å²) in [4.78, 5) is 13.0. The first kappa shape index (κ1) is 15.9. The number of carbonyl (C=O) groups is 1. The van der Waals surface area contributed by atoms with Crippen LogP contribution in [0.5, 0.6) is 0 Å². The Hall–Kier alpha value is -1.20. The van der Waals surface area contributed by atoms with Gasteiger partial charge in [0.05, 0.1) is 12.6 Å². The lowest BCUT2D eigenvalue weighted by molar-refractivity contribution is 0.162. The summed E-state index contributed by atoms with van der Waals surface area (Å²) < 4.78 is 0. The van der Waals surface area contributed by atoms with Crippen molar-refractivity contribution in [2.45, 2.75) is 31.7 Å². The second kappa shape index (κ2) is 6.82. The predicted octanol–water partition coefficient (Wildman–Crippen LogP) is 2.94. The highest BCUT2D eigenvalue weighted by Gasteiger charge is 2.25. The van der Waals surface area contributed by atoms with Gasteiger partial charge in [-0.2, -0.15) is 0 Å². The van der Waals surface area contributed by atoms with E-state index in [0.717, 1.165) is 10.6 Å². The molecule has 0 spiro atoms. The number of carbonyl (C=O) groups excluding carboxylic acids is 1. The molecule has 0 saturated heterocycles. The molecular formula is C14H22N2O2S. The van der Waals surface area contributed by atoms with Gasteiger partial charge in [-0.25, -0.2) is 4.79 Å². The van der Waals surface area contributed by atoms with Gasteiger partial charge in [0, 0.05) is 10.6 Å². The average molecular weight is 282 g/mol. The summed E-state index contributed by atoms with van der Waals surface area (Å²) in [6.07, 6.45) is 1.99. The van der Waals surface area contributed by atoms with Crippen molar-refractivity contribution >= 4 is 23.5 Å². The Balaban J connectivity index is 2.64. The zero-order valence-corrected chi connectivity index (χ0v) is 12.7. The molecular weight excluding hydrogens is 260 g/mol. The molecule has 0 radical (unpaired) electrons. The number of aliphatic hydroxyl groups is 1. The van der Waals surface area contributed by atoms with E-state index in [1.807, 2.05) is 51.3 Å². The molecule has 0 aliphatic heterocycles. The zero-order valence-electron chi connectivity index (χ0n) is 11.9. The number of aliphatic hydroxyl groups excluding tert-OH is 1. The third-order valence-electron chi connectivity index (χ3n) is 2.86. The molecule has 3 N–H and O–H groups in total. The molecule has 0 aromatic heterocycles. The van der Waals surface area contributed by atoms with E-state index in [-0.39, 0.29) is 24.1 Å². The van der Waals surface area contributed by atoms with E-state index in [0.29, 0.717) is 0 Å². The number of hydrogen-bond donors (Lipinski definition) is 3. The summed E-state index contributed by atoms with van der Waals surface area (Å²) in [6, 6.07) is 7.05. The number of hydrogen-bond acceptors (Lipinski definition) is 3. The van der Waals surface area contributed by atoms with Crippen molar-refractivity contribution in [3.8, 4) is 0 Å². The standard InChI is InChI=1S/C14H22N2O2S/c1-14(2,3)12(9-17)16-13(18)15-10-6-5-7-11(8-10)19-4/h5-8,12,17H,9H2,1-4H3,(H2,15,16,18)/t12-/m1/s1. The Morgan fingerprint density at radius 3 is 2.63 bits per heavy atom. The van der Waals surface area contributed by atoms with E-state index in [9.17, 15) is 9.90 Å². The molecule has 0 saturated carbocycles. The molecule has 0 fully saturated rings. The maximum absolute atomic E-state index is 11.9. The van der Waals surface area contributed by atoms with Crippen LogP contribution in [-0.4, -0.2) is 30.0 Å². The molecule has 0 unspecified atom stereocenters. The first-order valence-electron chi connectivity index (χ1n) is 6.19. The van der Waals surface area contributed by atoms with E-state index in [1.54, 1.807) is 11.8 Å². The topological polar surface area (TPSA) is 61.4 Å². The van der Waals surface area contributed by atoms with Gasteiger partial charge in [0.25, 0.3) is 0 Å². The lowest BCUT2D eigenvalue weighted by Gasteiger charge is -2.29. The van der Waals surface area contributed by atoms with Gasteiger partial charge in [0.15, 0.2) is 0 Å². The Labute approximate surface area is 119 Å². The minimum Gasteiger partial charge on any atom is -0.394 e. The molecule has 19 heavy (non-hydrogen) atoms. The summed E-state index contributed by atoms with van der Waals surface area (Å²) in [6.45, 7) is 5.84. The first-order valence-corrected chi connectivity index (χ1v) is 7.41. The smallest absolute Gasteiger partial charge is 0.319 e. The summed E-state index contributed by atoms with van der Waals surface area (Å²) in [5.74, 6) is 0. The highest BCUT2D eigenvalue weighted by molar-refractivity contribution is 7.98. The third kappa shape index (κ3) is 5.12. The highest BCUT2D eigenvalue weighted by atomic mass is 32.2. The number of nitrogens with one attached hydrogen (secondary N) is 2. The minimum atomic E-state index is -0.299. The number of urea groups is 1. The Kier molecular flexibility index (Phi) is 5.69. The molecule has 0 bridgehead atoms. The number of thioether (sulfide) groups is 1. The van der Waals surface area contributed by atoms with Crippen molar-refractivity contribution in [3.63, 3.8) is 0 Å². The van der Waals surface area contributed by atoms with Gasteiger partial charge >= 0.3 is 6.03 Å². The fourth-order valence-corrected chi connectivity index (χ4v) is 2.02. The maximum Gasteiger partial charge on any atom is 0.319 e. The van der Waals surface area contributed by atoms with Gasteiger partial charge in [-0.3, -0.25) is 0 Å². The van der Waals surface area contributed by atoms with Crippen LogP contribution in [0.2, 0.25) is 0 Å². The maximum atomic E-state index is 11.9. The van der Waals surface area contributed by atoms with Crippen LogP contribution in [0.15, 0.2) is 29.2 Å². The van der Waals surface area contributed by atoms with Gasteiger partial charge < -0.3 is 15.7 Å². The fraction of sp³-hybridized carbons (Fsp3) is 0.500. The van der Waals surface area contributed by atoms with E-state index < -0.39 is 0 Å². The van der Waals surface area contributed by atoms with Crippen LogP contribution >= 0.6 is 11.8 Å². The van der Waals surface area contributed by atoms with Gasteiger partial charge in [0.1, 0.15) is 0 Å². The highest BCUT2D eigenvalue weighted by Crippen LogP contribution is 2.20. The van der Waals surface area contributed by atoms with E-state index in [1.165, 1.54) is 0 Å². The van der Waals surface area contributed by atoms with Gasteiger partial charge in [-0.1, -0.05) is 26.8 Å². The number of amides is 2. The number of benzene rings is 1. The van der Waals surface area contributed by atoms with Gasteiger partial charge in [-0.05, 0) is 29.9 Å². The fourth-order valence-electron chi connectivity index (χ4n) is 1.56. The van der Waals surface area contributed by atoms with Crippen molar-refractivity contribution in [3.05, 3.63) is 24.3 Å². The third-order valence-corrected chi connectivity index (χ3v) is 3.59. The lowest BCUT2D eigenvalue weighted by Crippen LogP contribution is -2.47. The zero-order chi connectivity index (χ0) is 14.5. The number of rotatable bonds is 4. The quantitative estimate of drug-likeness (QED) is 0.744. The van der Waals surface area contributed by atoms with Crippen LogP contribution in [0.3, 0.4) is 0 Å². The van der Waals surface area contributed by atoms with Crippen LogP contribution in [0, 0.1) is 5.41 Å². The molecule has 4 nitrogen and oxygen atoms in total. The first-order chi connectivity index (χ1) is 8.86. The molecule has 1 rings (SSSR count). The van der Waals surface area contributed by atoms with Crippen molar-refractivity contribution in [1.82, 2.24) is 5.32 Å². The summed E-state index contributed by atoms with van der Waals surface area (Å²) in [5, 5.41) is 14.9. The van der Waals surface area contributed by atoms with E-state index in [4.69, 9.17) is 0 Å². The van der Waals surface area contributed by atoms with Crippen LogP contribution in [0.25, 0.3) is 0 Å². The Morgan fingerprint density at radius 2 is 2.11 bits per heavy atom. The van der Waals surface area contributed by atoms with Crippen molar-refractivity contribution in [2.24, 2.45) is 5.41 Å². The van der Waals surface area contributed by atoms with Crippen LogP contribution < -0.4 is 10.6 Å². The minimum absolute atomic E-state index is 0.0816. The van der Waals surface area contributed by atoms with Gasteiger partial charge in [0.2, 0.25) is 0 Å². The SMILES string of the molecule is CSc1cccc(NC(=O)N[C@H](CO)C(C)(C)C)c1. The molecule has 0 aliphatic carbocycles. The Morgan fingerprint density at radius 1 is 1.42 bits per heavy atom. The van der Waals surface area contributed by atoms with Crippen molar-refractivity contribution < 1.29 is 9.90 Å². The second-order valence-electron chi connectivity index (χ2n) is 5.43. The monoisotopic (exact) mass is 282 g/mol. The van der Waals surface area contributed by atoms with Gasteiger partial charge in [-0.15, -0.1) is 11.8 Å². The predicted molar refractivity (Wildman–Crippen MR) is 80.7 cm³/mol. The Bertz CT molecular complexity index is 430. The molecule has 1 atom stereocenters. The molecule has 2 amide bonds. The molecule has 1 aromatic carbocycles. The van der Waals surface area contributed by atoms with Crippen molar-refractivity contribution in [1.29, 1.82) is 0 Å². The summed E-state index contributed by atoms with van der Waals surface area (Å²) in [5.41, 5.74) is 0.558. The van der Waals surface area contributed by atoms with Crippen LogP contribution in [-0.2, 0) is 0 Å². The lowest BCUT2D eigenvalue weighted by atomic mass is 9.87. The van der Waals surface area contributed by atoms with Crippen LogP contribution in [0.1, 0.15) is 20.8 Å². The largest absolute Gasteiger partial charge is 0.394 e. The molecule has 0 aliphatic rings. The normalized spacial score (nSPS) is 12.9. The molecule has 1 aromatic rings. The molecule has 0 heterocycles. The second-order valence-corrected chi connectivity index (χ2v) is 6.31. The summed E-state index contributed by atoms with van der Waals surface area (Å²) >= 11 is 1.62. The number of anilines is 1. The molecule has 5 heteroatoms.